The van der Waals surface area contributed by atoms with Gasteiger partial charge in [-0.05, 0) is 107 Å². The van der Waals surface area contributed by atoms with Crippen molar-refractivity contribution >= 4 is 24.3 Å². The Balaban J connectivity index is 1.01. The second kappa shape index (κ2) is 18.9. The van der Waals surface area contributed by atoms with Gasteiger partial charge in [-0.15, -0.1) is 0 Å². The van der Waals surface area contributed by atoms with Crippen molar-refractivity contribution in [2.45, 2.75) is 38.5 Å². The molecule has 7 aromatic rings. The fourth-order valence-electron chi connectivity index (χ4n) is 6.33. The lowest BCUT2D eigenvalue weighted by molar-refractivity contribution is 0.298. The van der Waals surface area contributed by atoms with Gasteiger partial charge in [-0.2, -0.15) is 4.57 Å². The van der Waals surface area contributed by atoms with Crippen molar-refractivity contribution in [1.82, 2.24) is 0 Å². The van der Waals surface area contributed by atoms with Crippen molar-refractivity contribution in [3.8, 4) is 40.2 Å². The van der Waals surface area contributed by atoms with Gasteiger partial charge >= 0.3 is 24.3 Å². The number of benzene rings is 7. The Morgan fingerprint density at radius 1 is 0.328 bits per heavy atom. The zero-order chi connectivity index (χ0) is 42.9. The molecule has 61 heavy (non-hydrogen) atoms. The molecule has 13 heteroatoms. The second-order valence-corrected chi connectivity index (χ2v) is 17.9. The molecule has 0 radical (unpaired) electrons. The van der Waals surface area contributed by atoms with E-state index in [9.17, 15) is 13.7 Å². The van der Waals surface area contributed by atoms with E-state index in [4.69, 9.17) is 31.7 Å². The highest BCUT2D eigenvalue weighted by Crippen LogP contribution is 2.50. The van der Waals surface area contributed by atoms with Crippen molar-refractivity contribution in [3.05, 3.63) is 210 Å². The summed E-state index contributed by atoms with van der Waals surface area (Å²) in [6.45, 7) is 8.30. The van der Waals surface area contributed by atoms with Crippen molar-refractivity contribution < 1.29 is 45.4 Å². The summed E-state index contributed by atoms with van der Waals surface area (Å²) >= 11 is 0. The normalized spacial score (nSPS) is 12.9. The van der Waals surface area contributed by atoms with Gasteiger partial charge in [-0.25, -0.2) is 18.1 Å². The summed E-state index contributed by atoms with van der Waals surface area (Å²) in [4.78, 5) is 0. The first-order valence-electron chi connectivity index (χ1n) is 19.3. The maximum Gasteiger partial charge on any atom is 0.805 e. The van der Waals surface area contributed by atoms with E-state index in [-0.39, 0.29) is 11.5 Å². The van der Waals surface area contributed by atoms with Gasteiger partial charge < -0.3 is 13.6 Å². The molecular weight excluding hydrogens is 829 g/mol. The molecule has 0 aromatic heterocycles. The van der Waals surface area contributed by atoms with Crippen LogP contribution in [0.5, 0.6) is 40.2 Å². The average molecular weight is 873 g/mol. The molecule has 0 aliphatic carbocycles. The minimum atomic E-state index is -4.29. The summed E-state index contributed by atoms with van der Waals surface area (Å²) in [7, 11) is -9.11. The molecule has 2 unspecified atom stereocenters. The maximum absolute atomic E-state index is 14.4. The first kappa shape index (κ1) is 42.7. The highest BCUT2D eigenvalue weighted by Gasteiger charge is 2.34. The van der Waals surface area contributed by atoms with Crippen LogP contribution in [0.25, 0.3) is 0 Å². The molecule has 308 valence electrons. The van der Waals surface area contributed by atoms with Crippen molar-refractivity contribution in [1.29, 1.82) is 0 Å². The molecule has 0 N–H and O–H groups in total. The van der Waals surface area contributed by atoms with E-state index in [2.05, 4.69) is 27.7 Å². The fraction of sp³-hybridized carbons (Fsp3) is 0.125. The average Bonchev–Trinajstić information content (AvgIpc) is 3.25. The standard InChI is InChI=1S/C48H43O10P3/c1-47(2,36-20-28-42(29-21-36)54-59(49)52-40-14-8-5-9-15-40)38-24-32-45(33-25-38)57-61(51,56-44-18-12-7-13-19-44)58-46-34-26-39(27-35-46)48(3,4)37-22-30-43(31-23-37)55-60(50)53-41-16-10-6-11-17-41/h5-35H,1-4H3/q+2. The molecule has 2 atom stereocenters. The molecule has 10 nitrogen and oxygen atoms in total. The van der Waals surface area contributed by atoms with Crippen LogP contribution in [0.3, 0.4) is 0 Å². The molecule has 7 rings (SSSR count). The molecule has 0 heterocycles. The zero-order valence-corrected chi connectivity index (χ0v) is 36.5. The third kappa shape index (κ3) is 11.2. The van der Waals surface area contributed by atoms with Crippen LogP contribution in [0.2, 0.25) is 0 Å². The largest absolute Gasteiger partial charge is 0.805 e. The summed E-state index contributed by atoms with van der Waals surface area (Å²) in [5.41, 5.74) is 2.97. The quantitative estimate of drug-likeness (QED) is 0.0772. The van der Waals surface area contributed by atoms with E-state index >= 15 is 0 Å². The number of para-hydroxylation sites is 3. The summed E-state index contributed by atoms with van der Waals surface area (Å²) in [6.07, 6.45) is 0. The number of phosphoric acid groups is 1. The second-order valence-electron chi connectivity index (χ2n) is 14.8. The van der Waals surface area contributed by atoms with E-state index < -0.39 is 35.2 Å². The van der Waals surface area contributed by atoms with Gasteiger partial charge in [-0.1, -0.05) is 131 Å². The van der Waals surface area contributed by atoms with Crippen LogP contribution in [-0.2, 0) is 24.5 Å². The molecule has 0 fully saturated rings. The fourth-order valence-corrected chi connectivity index (χ4v) is 8.83. The first-order chi connectivity index (χ1) is 29.3. The highest BCUT2D eigenvalue weighted by molar-refractivity contribution is 7.49. The topological polar surface area (TPSA) is 116 Å². The zero-order valence-electron chi connectivity index (χ0n) is 33.8. The number of phosphoric ester groups is 1. The lowest BCUT2D eigenvalue weighted by atomic mass is 9.78. The van der Waals surface area contributed by atoms with E-state index in [1.54, 1.807) is 121 Å². The van der Waals surface area contributed by atoms with Gasteiger partial charge in [0, 0.05) is 20.0 Å². The van der Waals surface area contributed by atoms with E-state index in [0.29, 0.717) is 28.7 Å². The van der Waals surface area contributed by atoms with Crippen LogP contribution in [0.1, 0.15) is 49.9 Å². The van der Waals surface area contributed by atoms with Gasteiger partial charge in [0.1, 0.15) is 17.2 Å². The smallest absolute Gasteiger partial charge is 0.386 e. The number of rotatable bonds is 18. The number of hydrogen-bond donors (Lipinski definition) is 0. The monoisotopic (exact) mass is 872 g/mol. The molecule has 0 saturated carbocycles. The molecule has 7 aromatic carbocycles. The Morgan fingerprint density at radius 3 is 0.820 bits per heavy atom. The molecule has 0 aliphatic heterocycles. The Morgan fingerprint density at radius 2 is 0.541 bits per heavy atom. The van der Waals surface area contributed by atoms with Crippen LogP contribution >= 0.6 is 24.3 Å². The van der Waals surface area contributed by atoms with Crippen LogP contribution < -0.4 is 31.7 Å². The molecular formula is C48H43O10P3+2. The molecule has 0 bridgehead atoms. The van der Waals surface area contributed by atoms with Gasteiger partial charge in [-0.3, -0.25) is 0 Å². The van der Waals surface area contributed by atoms with Crippen molar-refractivity contribution in [2.75, 3.05) is 0 Å². The predicted octanol–water partition coefficient (Wildman–Crippen LogP) is 14.2. The minimum Gasteiger partial charge on any atom is -0.386 e. The molecule has 0 aliphatic rings. The van der Waals surface area contributed by atoms with Gasteiger partial charge in [0.2, 0.25) is 0 Å². The van der Waals surface area contributed by atoms with Gasteiger partial charge in [0.15, 0.2) is 23.0 Å². The Kier molecular flexibility index (Phi) is 13.2. The lowest BCUT2D eigenvalue weighted by Crippen LogP contribution is -2.18. The molecule has 0 spiro atoms. The molecule has 0 saturated heterocycles. The van der Waals surface area contributed by atoms with Gasteiger partial charge in [0.05, 0.1) is 0 Å². The van der Waals surface area contributed by atoms with Gasteiger partial charge in [0.25, 0.3) is 0 Å². The third-order valence-electron chi connectivity index (χ3n) is 9.91. The maximum atomic E-state index is 14.4. The van der Waals surface area contributed by atoms with Crippen LogP contribution in [0, 0.1) is 0 Å². The summed E-state index contributed by atoms with van der Waals surface area (Å²) < 4.78 is 79.0. The third-order valence-corrected chi connectivity index (χ3v) is 12.6. The summed E-state index contributed by atoms with van der Waals surface area (Å²) in [5, 5.41) is 0. The molecule has 0 amide bonds. The lowest BCUT2D eigenvalue weighted by Gasteiger charge is -2.27. The van der Waals surface area contributed by atoms with Crippen molar-refractivity contribution in [2.24, 2.45) is 0 Å². The first-order valence-corrected chi connectivity index (χ1v) is 22.9. The van der Waals surface area contributed by atoms with Crippen LogP contribution in [0.15, 0.2) is 188 Å². The van der Waals surface area contributed by atoms with E-state index in [1.165, 1.54) is 0 Å². The minimum absolute atomic E-state index is 0.283. The summed E-state index contributed by atoms with van der Waals surface area (Å²) in [6, 6.07) is 55.5. The number of hydrogen-bond acceptors (Lipinski definition) is 10. The summed E-state index contributed by atoms with van der Waals surface area (Å²) in [5.74, 6) is 2.62. The SMILES string of the molecule is CC(C)(c1ccc(O[P+](=O)Oc2ccccc2)cc1)c1ccc(OP(=O)(Oc2ccccc2)Oc2ccc(C(C)(C)c3ccc(O[P+](=O)Oc4ccccc4)cc3)cc2)cc1. The van der Waals surface area contributed by atoms with Crippen LogP contribution in [0.4, 0.5) is 0 Å². The Hall–Kier alpha value is -6.43. The van der Waals surface area contributed by atoms with Crippen molar-refractivity contribution in [3.63, 3.8) is 0 Å². The Labute approximate surface area is 357 Å². The van der Waals surface area contributed by atoms with E-state index in [1.807, 2.05) is 66.7 Å². The Bertz CT molecular complexity index is 2430. The predicted molar refractivity (Wildman–Crippen MR) is 237 cm³/mol. The van der Waals surface area contributed by atoms with Crippen LogP contribution in [-0.4, -0.2) is 0 Å². The van der Waals surface area contributed by atoms with E-state index in [0.717, 1.165) is 22.3 Å². The highest BCUT2D eigenvalue weighted by atomic mass is 31.2.